The van der Waals surface area contributed by atoms with E-state index in [1.54, 1.807) is 13.2 Å². The second-order valence-electron chi connectivity index (χ2n) is 8.65. The van der Waals surface area contributed by atoms with Crippen LogP contribution in [0.5, 0.6) is 0 Å². The van der Waals surface area contributed by atoms with Crippen LogP contribution >= 0.6 is 11.8 Å². The van der Waals surface area contributed by atoms with E-state index < -0.39 is 48.5 Å². The Hall–Kier alpha value is -2.48. The molecular weight excluding hydrogens is 497 g/mol. The predicted octanol–water partition coefficient (Wildman–Crippen LogP) is 3.56. The first-order valence-electron chi connectivity index (χ1n) is 11.3. The summed E-state index contributed by atoms with van der Waals surface area (Å²) in [5.74, 6) is 0.238. The zero-order chi connectivity index (χ0) is 25.6. The Morgan fingerprint density at radius 2 is 1.89 bits per heavy atom. The zero-order valence-corrected chi connectivity index (χ0v) is 20.2. The van der Waals surface area contributed by atoms with Crippen molar-refractivity contribution < 1.29 is 32.5 Å². The van der Waals surface area contributed by atoms with Crippen molar-refractivity contribution in [3.63, 3.8) is 0 Å². The first-order chi connectivity index (χ1) is 17.2. The number of halogens is 3. The number of nitrogens with two attached hydrogens (primary N) is 1. The van der Waals surface area contributed by atoms with Gasteiger partial charge in [-0.25, -0.2) is 9.67 Å². The van der Waals surface area contributed by atoms with E-state index in [-0.39, 0.29) is 23.9 Å². The van der Waals surface area contributed by atoms with Crippen LogP contribution in [0.15, 0.2) is 53.4 Å². The SMILES string of the molecule is CSc1ccc(C(F)(F)F)c(-n2nc(C)nc2C2OC3COC(c4ccccc4)O[C@@H]3C(N)C2O)c1. The molecule has 5 rings (SSSR count). The lowest BCUT2D eigenvalue weighted by molar-refractivity contribution is -0.309. The van der Waals surface area contributed by atoms with Crippen LogP contribution in [0.1, 0.15) is 35.2 Å². The molecular formula is C24H25F3N4O4S. The molecule has 0 aliphatic carbocycles. The van der Waals surface area contributed by atoms with Crippen LogP contribution in [0, 0.1) is 6.92 Å². The Kier molecular flexibility index (Phi) is 6.83. The molecule has 0 radical (unpaired) electrons. The summed E-state index contributed by atoms with van der Waals surface area (Å²) in [7, 11) is 0. The van der Waals surface area contributed by atoms with Gasteiger partial charge in [-0.3, -0.25) is 0 Å². The van der Waals surface area contributed by atoms with E-state index in [1.165, 1.54) is 23.9 Å². The van der Waals surface area contributed by atoms with Gasteiger partial charge in [0.15, 0.2) is 12.1 Å². The van der Waals surface area contributed by atoms with Crippen molar-refractivity contribution in [3.05, 3.63) is 71.3 Å². The highest BCUT2D eigenvalue weighted by Crippen LogP contribution is 2.40. The second kappa shape index (κ2) is 9.77. The largest absolute Gasteiger partial charge is 0.418 e. The molecule has 6 atom stereocenters. The second-order valence-corrected chi connectivity index (χ2v) is 9.53. The van der Waals surface area contributed by atoms with Crippen LogP contribution in [0.3, 0.4) is 0 Å². The summed E-state index contributed by atoms with van der Waals surface area (Å²) in [5.41, 5.74) is 6.09. The third-order valence-electron chi connectivity index (χ3n) is 6.27. The van der Waals surface area contributed by atoms with Gasteiger partial charge in [-0.1, -0.05) is 30.3 Å². The number of aliphatic hydroxyl groups is 1. The number of alkyl halides is 3. The monoisotopic (exact) mass is 522 g/mol. The molecule has 2 aromatic carbocycles. The Bertz CT molecular complexity index is 1220. The van der Waals surface area contributed by atoms with Gasteiger partial charge in [0.1, 0.15) is 30.2 Å². The van der Waals surface area contributed by atoms with Gasteiger partial charge in [0, 0.05) is 10.5 Å². The smallest absolute Gasteiger partial charge is 0.388 e. The highest BCUT2D eigenvalue weighted by atomic mass is 32.2. The minimum Gasteiger partial charge on any atom is -0.388 e. The van der Waals surface area contributed by atoms with Crippen molar-refractivity contribution in [2.24, 2.45) is 5.73 Å². The van der Waals surface area contributed by atoms with Crippen LogP contribution in [0.4, 0.5) is 13.2 Å². The number of rotatable bonds is 4. The van der Waals surface area contributed by atoms with E-state index >= 15 is 0 Å². The maximum Gasteiger partial charge on any atom is 0.418 e. The Balaban J connectivity index is 1.48. The minimum atomic E-state index is -4.63. The molecule has 12 heteroatoms. The van der Waals surface area contributed by atoms with Crippen LogP contribution in [0.2, 0.25) is 0 Å². The predicted molar refractivity (Wildman–Crippen MR) is 124 cm³/mol. The number of aromatic nitrogens is 3. The molecule has 36 heavy (non-hydrogen) atoms. The summed E-state index contributed by atoms with van der Waals surface area (Å²) < 4.78 is 60.7. The molecule has 0 spiro atoms. The number of aliphatic hydroxyl groups excluding tert-OH is 1. The Morgan fingerprint density at radius 3 is 2.58 bits per heavy atom. The fourth-order valence-electron chi connectivity index (χ4n) is 4.51. The molecule has 3 aromatic rings. The van der Waals surface area contributed by atoms with Crippen molar-refractivity contribution in [2.45, 2.75) is 54.7 Å². The van der Waals surface area contributed by atoms with Gasteiger partial charge in [0.05, 0.1) is 23.9 Å². The summed E-state index contributed by atoms with van der Waals surface area (Å²) in [6.45, 7) is 1.67. The summed E-state index contributed by atoms with van der Waals surface area (Å²) in [6.07, 6.45) is -7.38. The molecule has 192 valence electrons. The summed E-state index contributed by atoms with van der Waals surface area (Å²) in [4.78, 5) is 4.94. The normalized spacial score (nSPS) is 28.6. The zero-order valence-electron chi connectivity index (χ0n) is 19.4. The van der Waals surface area contributed by atoms with E-state index in [0.717, 1.165) is 16.3 Å². The molecule has 2 aliphatic heterocycles. The van der Waals surface area contributed by atoms with Crippen LogP contribution in [-0.4, -0.2) is 57.1 Å². The molecule has 5 unspecified atom stereocenters. The molecule has 8 nitrogen and oxygen atoms in total. The van der Waals surface area contributed by atoms with Crippen LogP contribution in [0.25, 0.3) is 5.69 Å². The van der Waals surface area contributed by atoms with E-state index in [0.29, 0.717) is 4.90 Å². The van der Waals surface area contributed by atoms with Crippen molar-refractivity contribution in [1.82, 2.24) is 14.8 Å². The molecule has 2 aliphatic rings. The number of aryl methyl sites for hydroxylation is 1. The summed E-state index contributed by atoms with van der Waals surface area (Å²) in [5, 5.41) is 15.3. The molecule has 1 aromatic heterocycles. The van der Waals surface area contributed by atoms with Crippen LogP contribution in [-0.2, 0) is 20.4 Å². The number of thioether (sulfide) groups is 1. The van der Waals surface area contributed by atoms with E-state index in [1.807, 2.05) is 30.3 Å². The van der Waals surface area contributed by atoms with E-state index in [9.17, 15) is 18.3 Å². The van der Waals surface area contributed by atoms with Crippen molar-refractivity contribution in [1.29, 1.82) is 0 Å². The lowest BCUT2D eigenvalue weighted by Gasteiger charge is -2.46. The number of benzene rings is 2. The maximum atomic E-state index is 13.9. The third kappa shape index (κ3) is 4.64. The van der Waals surface area contributed by atoms with E-state index in [4.69, 9.17) is 19.9 Å². The minimum absolute atomic E-state index is 0.0165. The van der Waals surface area contributed by atoms with Gasteiger partial charge in [0.2, 0.25) is 0 Å². The molecule has 2 saturated heterocycles. The molecule has 2 fully saturated rings. The molecule has 3 N–H and O–H groups in total. The number of fused-ring (bicyclic) bond motifs is 1. The quantitative estimate of drug-likeness (QED) is 0.502. The van der Waals surface area contributed by atoms with E-state index in [2.05, 4.69) is 10.1 Å². The molecule has 0 amide bonds. The first kappa shape index (κ1) is 25.2. The standard InChI is InChI=1S/C24H25F3N4O4S/c1-12-29-22(31(30-12)16-10-14(36-2)8-9-15(16)24(25,26)27)21-19(32)18(28)20-17(34-21)11-33-23(35-20)13-6-4-3-5-7-13/h3-10,17-21,23,32H,11,28H2,1-2H3/t17?,18?,19?,20-,21?,23?/m0/s1. The Morgan fingerprint density at radius 1 is 1.14 bits per heavy atom. The van der Waals surface area contributed by atoms with Gasteiger partial charge < -0.3 is 25.1 Å². The van der Waals surface area contributed by atoms with Gasteiger partial charge in [-0.05, 0) is 31.4 Å². The van der Waals surface area contributed by atoms with Gasteiger partial charge in [-0.15, -0.1) is 11.8 Å². The maximum absolute atomic E-state index is 13.9. The number of ether oxygens (including phenoxy) is 3. The molecule has 3 heterocycles. The van der Waals surface area contributed by atoms with Crippen molar-refractivity contribution in [3.8, 4) is 5.69 Å². The van der Waals surface area contributed by atoms with Gasteiger partial charge in [0.25, 0.3) is 0 Å². The number of nitrogens with zero attached hydrogens (tertiary/aromatic N) is 3. The average molecular weight is 523 g/mol. The fraction of sp³-hybridized carbons (Fsp3) is 0.417. The molecule has 0 bridgehead atoms. The van der Waals surface area contributed by atoms with Crippen molar-refractivity contribution in [2.75, 3.05) is 12.9 Å². The molecule has 0 saturated carbocycles. The number of hydrogen-bond donors (Lipinski definition) is 2. The lowest BCUT2D eigenvalue weighted by atomic mass is 9.92. The Labute approximate surface area is 209 Å². The van der Waals surface area contributed by atoms with Gasteiger partial charge >= 0.3 is 6.18 Å². The summed E-state index contributed by atoms with van der Waals surface area (Å²) in [6, 6.07) is 12.2. The highest BCUT2D eigenvalue weighted by Gasteiger charge is 2.50. The topological polar surface area (TPSA) is 105 Å². The van der Waals surface area contributed by atoms with Crippen LogP contribution < -0.4 is 5.73 Å². The number of hydrogen-bond acceptors (Lipinski definition) is 8. The van der Waals surface area contributed by atoms with Gasteiger partial charge in [-0.2, -0.15) is 18.3 Å². The highest BCUT2D eigenvalue weighted by molar-refractivity contribution is 7.98. The average Bonchev–Trinajstić information content (AvgIpc) is 3.26. The van der Waals surface area contributed by atoms with Crippen molar-refractivity contribution >= 4 is 11.8 Å². The first-order valence-corrected chi connectivity index (χ1v) is 12.5. The third-order valence-corrected chi connectivity index (χ3v) is 6.99. The lowest BCUT2D eigenvalue weighted by Crippen LogP contribution is -2.62. The summed E-state index contributed by atoms with van der Waals surface area (Å²) >= 11 is 1.30. The fourth-order valence-corrected chi connectivity index (χ4v) is 4.95.